The van der Waals surface area contributed by atoms with Crippen LogP contribution in [0.25, 0.3) is 0 Å². The van der Waals surface area contributed by atoms with E-state index in [-0.39, 0.29) is 0 Å². The molecular weight excluding hydrogens is 210 g/mol. The fourth-order valence-electron chi connectivity index (χ4n) is 2.41. The molecule has 0 bridgehead atoms. The quantitative estimate of drug-likeness (QED) is 0.702. The first-order chi connectivity index (χ1) is 8.35. The van der Waals surface area contributed by atoms with Gasteiger partial charge in [0.05, 0.1) is 12.0 Å². The molecule has 1 atom stereocenters. The third-order valence-corrected chi connectivity index (χ3v) is 3.65. The molecule has 1 saturated carbocycles. The van der Waals surface area contributed by atoms with E-state index in [1.165, 1.54) is 37.8 Å². The van der Waals surface area contributed by atoms with E-state index < -0.39 is 0 Å². The molecule has 2 rings (SSSR count). The highest BCUT2D eigenvalue weighted by Crippen LogP contribution is 2.38. The zero-order valence-corrected chi connectivity index (χ0v) is 11.2. The number of rotatable bonds is 8. The molecule has 3 heteroatoms. The molecule has 0 amide bonds. The molecule has 1 aromatic rings. The topological polar surface area (TPSA) is 29.9 Å². The molecule has 17 heavy (non-hydrogen) atoms. The van der Waals surface area contributed by atoms with Gasteiger partial charge >= 0.3 is 0 Å². The Morgan fingerprint density at radius 3 is 2.94 bits per heavy atom. The third kappa shape index (κ3) is 3.56. The van der Waals surface area contributed by atoms with Crippen molar-refractivity contribution in [3.05, 3.63) is 18.2 Å². The molecule has 0 radical (unpaired) electrons. The molecule has 1 aliphatic rings. The van der Waals surface area contributed by atoms with Crippen LogP contribution >= 0.6 is 0 Å². The van der Waals surface area contributed by atoms with E-state index in [1.54, 1.807) is 0 Å². The maximum Gasteiger partial charge on any atom is 0.0951 e. The molecule has 96 valence electrons. The van der Waals surface area contributed by atoms with E-state index in [2.05, 4.69) is 28.7 Å². The third-order valence-electron chi connectivity index (χ3n) is 3.65. The van der Waals surface area contributed by atoms with Gasteiger partial charge in [-0.25, -0.2) is 4.98 Å². The first kappa shape index (κ1) is 12.6. The smallest absolute Gasteiger partial charge is 0.0951 e. The van der Waals surface area contributed by atoms with Crippen LogP contribution in [0.2, 0.25) is 0 Å². The Kier molecular flexibility index (Phi) is 4.60. The van der Waals surface area contributed by atoms with Crippen LogP contribution in [-0.4, -0.2) is 16.1 Å². The summed E-state index contributed by atoms with van der Waals surface area (Å²) >= 11 is 0. The second kappa shape index (κ2) is 6.20. The summed E-state index contributed by atoms with van der Waals surface area (Å²) in [6, 6.07) is 0.656. The van der Waals surface area contributed by atoms with Crippen LogP contribution in [0.1, 0.15) is 57.7 Å². The Morgan fingerprint density at radius 1 is 1.47 bits per heavy atom. The van der Waals surface area contributed by atoms with E-state index in [4.69, 9.17) is 0 Å². The summed E-state index contributed by atoms with van der Waals surface area (Å²) in [4.78, 5) is 4.32. The summed E-state index contributed by atoms with van der Waals surface area (Å²) in [5.41, 5.74) is 1.34. The predicted octanol–water partition coefficient (Wildman–Crippen LogP) is 3.13. The molecule has 1 fully saturated rings. The van der Waals surface area contributed by atoms with Crippen molar-refractivity contribution < 1.29 is 0 Å². The molecule has 1 N–H and O–H groups in total. The maximum atomic E-state index is 4.32. The van der Waals surface area contributed by atoms with Crippen molar-refractivity contribution in [2.45, 2.75) is 58.5 Å². The SMILES string of the molecule is CCCNCc1cncn1C(CC)CC1CC1. The Balaban J connectivity index is 1.94. The van der Waals surface area contributed by atoms with Crippen LogP contribution < -0.4 is 5.32 Å². The van der Waals surface area contributed by atoms with Crippen molar-refractivity contribution >= 4 is 0 Å². The van der Waals surface area contributed by atoms with Crippen molar-refractivity contribution in [3.63, 3.8) is 0 Å². The number of imidazole rings is 1. The lowest BCUT2D eigenvalue weighted by Gasteiger charge is -2.19. The van der Waals surface area contributed by atoms with Crippen molar-refractivity contribution in [2.75, 3.05) is 6.54 Å². The standard InChI is InChI=1S/C14H25N3/c1-3-7-15-9-14-10-16-11-17(14)13(4-2)8-12-5-6-12/h10-13,15H,3-9H2,1-2H3. The van der Waals surface area contributed by atoms with Crippen LogP contribution in [0.3, 0.4) is 0 Å². The van der Waals surface area contributed by atoms with Crippen molar-refractivity contribution in [3.8, 4) is 0 Å². The minimum absolute atomic E-state index is 0.656. The monoisotopic (exact) mass is 235 g/mol. The van der Waals surface area contributed by atoms with Crippen molar-refractivity contribution in [1.29, 1.82) is 0 Å². The van der Waals surface area contributed by atoms with E-state index in [9.17, 15) is 0 Å². The minimum Gasteiger partial charge on any atom is -0.330 e. The number of aromatic nitrogens is 2. The second-order valence-electron chi connectivity index (χ2n) is 5.21. The molecule has 1 aromatic heterocycles. The van der Waals surface area contributed by atoms with Crippen LogP contribution in [0.5, 0.6) is 0 Å². The molecule has 0 spiro atoms. The summed E-state index contributed by atoms with van der Waals surface area (Å²) in [6.45, 7) is 6.53. The van der Waals surface area contributed by atoms with Gasteiger partial charge in [-0.15, -0.1) is 0 Å². The Labute approximate surface area is 105 Å². The van der Waals surface area contributed by atoms with E-state index in [1.807, 2.05) is 12.5 Å². The summed E-state index contributed by atoms with van der Waals surface area (Å²) < 4.78 is 2.39. The lowest BCUT2D eigenvalue weighted by molar-refractivity contribution is 0.413. The molecule has 0 aliphatic heterocycles. The van der Waals surface area contributed by atoms with Gasteiger partial charge in [0.25, 0.3) is 0 Å². The predicted molar refractivity (Wildman–Crippen MR) is 70.9 cm³/mol. The first-order valence-corrected chi connectivity index (χ1v) is 7.06. The Hall–Kier alpha value is -0.830. The zero-order valence-electron chi connectivity index (χ0n) is 11.2. The number of hydrogen-bond donors (Lipinski definition) is 1. The largest absolute Gasteiger partial charge is 0.330 e. The molecule has 3 nitrogen and oxygen atoms in total. The maximum absolute atomic E-state index is 4.32. The Morgan fingerprint density at radius 2 is 2.29 bits per heavy atom. The Bertz CT molecular complexity index is 328. The summed E-state index contributed by atoms with van der Waals surface area (Å²) in [6.07, 6.45) is 10.6. The zero-order chi connectivity index (χ0) is 12.1. The number of hydrogen-bond acceptors (Lipinski definition) is 2. The highest BCUT2D eigenvalue weighted by atomic mass is 15.1. The lowest BCUT2D eigenvalue weighted by atomic mass is 10.1. The van der Waals surface area contributed by atoms with E-state index in [0.29, 0.717) is 6.04 Å². The number of nitrogens with one attached hydrogen (secondary N) is 1. The van der Waals surface area contributed by atoms with Crippen LogP contribution in [0, 0.1) is 5.92 Å². The van der Waals surface area contributed by atoms with Gasteiger partial charge in [-0.3, -0.25) is 0 Å². The van der Waals surface area contributed by atoms with Gasteiger partial charge in [-0.1, -0.05) is 26.7 Å². The molecule has 0 aromatic carbocycles. The van der Waals surface area contributed by atoms with Gasteiger partial charge in [-0.05, 0) is 31.7 Å². The van der Waals surface area contributed by atoms with E-state index >= 15 is 0 Å². The summed E-state index contributed by atoms with van der Waals surface area (Å²) in [5, 5.41) is 3.46. The second-order valence-corrected chi connectivity index (χ2v) is 5.21. The average molecular weight is 235 g/mol. The fraction of sp³-hybridized carbons (Fsp3) is 0.786. The van der Waals surface area contributed by atoms with Gasteiger partial charge in [-0.2, -0.15) is 0 Å². The number of nitrogens with zero attached hydrogens (tertiary/aromatic N) is 2. The van der Waals surface area contributed by atoms with Gasteiger partial charge in [0.1, 0.15) is 0 Å². The van der Waals surface area contributed by atoms with Gasteiger partial charge < -0.3 is 9.88 Å². The molecular formula is C14H25N3. The summed E-state index contributed by atoms with van der Waals surface area (Å²) in [5.74, 6) is 0.985. The van der Waals surface area contributed by atoms with Crippen LogP contribution in [0.4, 0.5) is 0 Å². The van der Waals surface area contributed by atoms with Gasteiger partial charge in [0.2, 0.25) is 0 Å². The highest BCUT2D eigenvalue weighted by Gasteiger charge is 2.26. The molecule has 1 unspecified atom stereocenters. The fourth-order valence-corrected chi connectivity index (χ4v) is 2.41. The minimum atomic E-state index is 0.656. The molecule has 1 heterocycles. The molecule has 0 saturated heterocycles. The van der Waals surface area contributed by atoms with Crippen LogP contribution in [-0.2, 0) is 6.54 Å². The average Bonchev–Trinajstić information content (AvgIpc) is 3.05. The van der Waals surface area contributed by atoms with Gasteiger partial charge in [0, 0.05) is 18.8 Å². The van der Waals surface area contributed by atoms with Crippen molar-refractivity contribution in [2.24, 2.45) is 5.92 Å². The highest BCUT2D eigenvalue weighted by molar-refractivity contribution is 5.00. The normalized spacial score (nSPS) is 17.3. The first-order valence-electron chi connectivity index (χ1n) is 7.06. The lowest BCUT2D eigenvalue weighted by Crippen LogP contribution is -2.19. The van der Waals surface area contributed by atoms with Gasteiger partial charge in [0.15, 0.2) is 0 Å². The molecule has 1 aliphatic carbocycles. The van der Waals surface area contributed by atoms with Crippen molar-refractivity contribution in [1.82, 2.24) is 14.9 Å². The van der Waals surface area contributed by atoms with E-state index in [0.717, 1.165) is 19.0 Å². The van der Waals surface area contributed by atoms with Crippen LogP contribution in [0.15, 0.2) is 12.5 Å². The summed E-state index contributed by atoms with van der Waals surface area (Å²) in [7, 11) is 0.